The van der Waals surface area contributed by atoms with E-state index in [0.717, 1.165) is 31.1 Å². The molecule has 0 aromatic rings. The molecule has 6 unspecified atom stereocenters. The number of allylic oxidation sites excluding steroid dienone is 4. The van der Waals surface area contributed by atoms with E-state index < -0.39 is 0 Å². The number of carbonyl (C=O) groups excluding carboxylic acids is 2. The van der Waals surface area contributed by atoms with E-state index in [2.05, 4.69) is 26.8 Å². The van der Waals surface area contributed by atoms with Gasteiger partial charge in [-0.05, 0) is 98.5 Å². The number of hydrogen-bond acceptors (Lipinski definition) is 3. The van der Waals surface area contributed by atoms with Crippen LogP contribution >= 0.6 is 0 Å². The van der Waals surface area contributed by atoms with Crippen molar-refractivity contribution in [2.45, 2.75) is 85.2 Å². The summed E-state index contributed by atoms with van der Waals surface area (Å²) in [5.74, 6) is 3.56. The maximum atomic E-state index is 12.2. The quantitative estimate of drug-likeness (QED) is 0.533. The lowest BCUT2D eigenvalue weighted by Gasteiger charge is -2.57. The van der Waals surface area contributed by atoms with Crippen LogP contribution in [0.1, 0.15) is 79.1 Å². The topological polar surface area (TPSA) is 43.4 Å². The van der Waals surface area contributed by atoms with Crippen LogP contribution in [0.3, 0.4) is 0 Å². The summed E-state index contributed by atoms with van der Waals surface area (Å²) in [4.78, 5) is 24.2. The second-order valence-electron chi connectivity index (χ2n) is 11.6. The van der Waals surface area contributed by atoms with Crippen molar-refractivity contribution in [2.24, 2.45) is 46.3 Å². The monoisotopic (exact) mass is 410 g/mol. The first-order valence-electron chi connectivity index (χ1n) is 12.4. The van der Waals surface area contributed by atoms with Crippen LogP contribution in [0.2, 0.25) is 0 Å². The fourth-order valence-corrected chi connectivity index (χ4v) is 8.59. The minimum Gasteiger partial charge on any atom is -0.462 e. The summed E-state index contributed by atoms with van der Waals surface area (Å²) in [6.45, 7) is 9.30. The highest BCUT2D eigenvalue weighted by atomic mass is 16.5. The van der Waals surface area contributed by atoms with Gasteiger partial charge in [-0.2, -0.15) is 0 Å². The SMILES string of the molecule is CC1CCC([C@@H](C)C2CCC3C4CCC5=CC(=O)C=C[C@]5(C)C4CC[C@@]32C)OC1=O. The zero-order valence-corrected chi connectivity index (χ0v) is 19.2. The van der Waals surface area contributed by atoms with E-state index in [4.69, 9.17) is 4.74 Å². The van der Waals surface area contributed by atoms with E-state index in [1.54, 1.807) is 0 Å². The molecule has 5 rings (SSSR count). The first-order valence-corrected chi connectivity index (χ1v) is 12.4. The lowest BCUT2D eigenvalue weighted by atomic mass is 9.47. The average molecular weight is 411 g/mol. The molecule has 5 aliphatic rings. The smallest absolute Gasteiger partial charge is 0.308 e. The first-order chi connectivity index (χ1) is 14.2. The van der Waals surface area contributed by atoms with E-state index in [0.29, 0.717) is 23.2 Å². The third kappa shape index (κ3) is 2.90. The van der Waals surface area contributed by atoms with Crippen LogP contribution < -0.4 is 0 Å². The standard InChI is InChI=1S/C27H38O3/c1-16-5-10-24(30-25(16)29)17(2)21-8-9-22-20-7-6-18-15-19(28)11-13-26(18,3)23(20)12-14-27(21,22)4/h11,13,15-17,20-24H,5-10,12,14H2,1-4H3/t16?,17-,20?,21?,22?,23?,24?,26-,27+/m0/s1. The molecule has 164 valence electrons. The highest BCUT2D eigenvalue weighted by Gasteiger charge is 2.59. The van der Waals surface area contributed by atoms with Gasteiger partial charge in [0.1, 0.15) is 6.10 Å². The van der Waals surface area contributed by atoms with Gasteiger partial charge in [-0.3, -0.25) is 9.59 Å². The predicted octanol–water partition coefficient (Wildman–Crippen LogP) is 5.89. The molecule has 0 spiro atoms. The summed E-state index contributed by atoms with van der Waals surface area (Å²) in [6, 6.07) is 0. The molecule has 0 aromatic carbocycles. The Morgan fingerprint density at radius 1 is 1.03 bits per heavy atom. The zero-order chi connectivity index (χ0) is 21.3. The van der Waals surface area contributed by atoms with Crippen molar-refractivity contribution >= 4 is 11.8 Å². The van der Waals surface area contributed by atoms with Gasteiger partial charge in [0, 0.05) is 5.41 Å². The molecule has 3 nitrogen and oxygen atoms in total. The lowest BCUT2D eigenvalue weighted by molar-refractivity contribution is -0.166. The molecule has 9 atom stereocenters. The molecule has 0 radical (unpaired) electrons. The van der Waals surface area contributed by atoms with E-state index in [1.165, 1.54) is 37.7 Å². The molecule has 3 heteroatoms. The van der Waals surface area contributed by atoms with Crippen LogP contribution in [0, 0.1) is 46.3 Å². The van der Waals surface area contributed by atoms with Gasteiger partial charge in [0.25, 0.3) is 0 Å². The van der Waals surface area contributed by atoms with Gasteiger partial charge in [-0.15, -0.1) is 0 Å². The number of cyclic esters (lactones) is 1. The van der Waals surface area contributed by atoms with E-state index in [-0.39, 0.29) is 29.2 Å². The molecule has 0 bridgehead atoms. The van der Waals surface area contributed by atoms with Crippen LogP contribution in [0.4, 0.5) is 0 Å². The number of ketones is 1. The Labute approximate surface area is 181 Å². The molecule has 0 N–H and O–H groups in total. The molecule has 30 heavy (non-hydrogen) atoms. The van der Waals surface area contributed by atoms with Gasteiger partial charge >= 0.3 is 5.97 Å². The van der Waals surface area contributed by atoms with Gasteiger partial charge in [0.15, 0.2) is 5.78 Å². The minimum absolute atomic E-state index is 0.0136. The molecular formula is C27H38O3. The summed E-state index contributed by atoms with van der Waals surface area (Å²) in [5.41, 5.74) is 1.82. The first kappa shape index (κ1) is 20.5. The van der Waals surface area contributed by atoms with Crippen LogP contribution in [0.15, 0.2) is 23.8 Å². The predicted molar refractivity (Wildman–Crippen MR) is 118 cm³/mol. The summed E-state index contributed by atoms with van der Waals surface area (Å²) >= 11 is 0. The van der Waals surface area contributed by atoms with Crippen molar-refractivity contribution in [1.29, 1.82) is 0 Å². The minimum atomic E-state index is 0.0136. The average Bonchev–Trinajstić information content (AvgIpc) is 3.07. The summed E-state index contributed by atoms with van der Waals surface area (Å²) < 4.78 is 5.91. The highest BCUT2D eigenvalue weighted by Crippen LogP contribution is 2.67. The highest BCUT2D eigenvalue weighted by molar-refractivity contribution is 6.01. The maximum Gasteiger partial charge on any atom is 0.308 e. The van der Waals surface area contributed by atoms with Crippen molar-refractivity contribution in [1.82, 2.24) is 0 Å². The number of ether oxygens (including phenoxy) is 1. The van der Waals surface area contributed by atoms with Crippen molar-refractivity contribution in [2.75, 3.05) is 0 Å². The Morgan fingerprint density at radius 3 is 2.60 bits per heavy atom. The third-order valence-electron chi connectivity index (χ3n) is 10.4. The van der Waals surface area contributed by atoms with E-state index in [9.17, 15) is 9.59 Å². The van der Waals surface area contributed by atoms with Crippen molar-refractivity contribution in [3.05, 3.63) is 23.8 Å². The molecule has 4 fully saturated rings. The Bertz CT molecular complexity index is 809. The van der Waals surface area contributed by atoms with E-state index in [1.807, 2.05) is 19.1 Å². The molecule has 3 saturated carbocycles. The van der Waals surface area contributed by atoms with Gasteiger partial charge < -0.3 is 4.74 Å². The summed E-state index contributed by atoms with van der Waals surface area (Å²) in [5, 5.41) is 0. The fraction of sp³-hybridized carbons (Fsp3) is 0.778. The zero-order valence-electron chi connectivity index (χ0n) is 19.2. The molecule has 0 aromatic heterocycles. The number of carbonyl (C=O) groups is 2. The number of rotatable bonds is 2. The molecular weight excluding hydrogens is 372 g/mol. The maximum absolute atomic E-state index is 12.2. The van der Waals surface area contributed by atoms with Gasteiger partial charge in [0.2, 0.25) is 0 Å². The summed E-state index contributed by atoms with van der Waals surface area (Å²) in [7, 11) is 0. The molecule has 0 amide bonds. The van der Waals surface area contributed by atoms with Crippen LogP contribution in [0.5, 0.6) is 0 Å². The number of esters is 1. The number of fused-ring (bicyclic) bond motifs is 5. The molecule has 1 aliphatic heterocycles. The lowest BCUT2D eigenvalue weighted by Crippen LogP contribution is -2.51. The van der Waals surface area contributed by atoms with Crippen molar-refractivity contribution in [3.8, 4) is 0 Å². The largest absolute Gasteiger partial charge is 0.462 e. The van der Waals surface area contributed by atoms with Crippen LogP contribution in [-0.2, 0) is 14.3 Å². The molecule has 4 aliphatic carbocycles. The van der Waals surface area contributed by atoms with Crippen molar-refractivity contribution < 1.29 is 14.3 Å². The van der Waals surface area contributed by atoms with Crippen molar-refractivity contribution in [3.63, 3.8) is 0 Å². The van der Waals surface area contributed by atoms with E-state index >= 15 is 0 Å². The Kier molecular flexibility index (Phi) is 4.83. The fourth-order valence-electron chi connectivity index (χ4n) is 8.59. The third-order valence-corrected chi connectivity index (χ3v) is 10.4. The molecule has 1 saturated heterocycles. The Morgan fingerprint density at radius 2 is 1.83 bits per heavy atom. The van der Waals surface area contributed by atoms with Gasteiger partial charge in [-0.25, -0.2) is 0 Å². The summed E-state index contributed by atoms with van der Waals surface area (Å²) in [6.07, 6.45) is 15.6. The normalized spacial score (nSPS) is 48.9. The Hall–Kier alpha value is -1.38. The number of hydrogen-bond donors (Lipinski definition) is 0. The second kappa shape index (κ2) is 7.07. The second-order valence-corrected chi connectivity index (χ2v) is 11.6. The van der Waals surface area contributed by atoms with Gasteiger partial charge in [-0.1, -0.05) is 39.3 Å². The molecule has 1 heterocycles. The Balaban J connectivity index is 1.37. The van der Waals surface area contributed by atoms with Crippen LogP contribution in [-0.4, -0.2) is 17.9 Å². The van der Waals surface area contributed by atoms with Gasteiger partial charge in [0.05, 0.1) is 5.92 Å². The van der Waals surface area contributed by atoms with Crippen LogP contribution in [0.25, 0.3) is 0 Å².